The second-order valence-electron chi connectivity index (χ2n) is 3.91. The van der Waals surface area contributed by atoms with E-state index in [-0.39, 0.29) is 11.7 Å². The van der Waals surface area contributed by atoms with Gasteiger partial charge in [-0.15, -0.1) is 0 Å². The van der Waals surface area contributed by atoms with Gasteiger partial charge in [0.05, 0.1) is 6.21 Å². The number of nitrogens with zero attached hydrogens (tertiary/aromatic N) is 1. The second-order valence-corrected chi connectivity index (χ2v) is 5.74. The monoisotopic (exact) mass is 396 g/mol. The molecule has 0 unspecified atom stereocenters. The second kappa shape index (κ2) is 6.67. The Morgan fingerprint density at radius 1 is 1.10 bits per heavy atom. The van der Waals surface area contributed by atoms with Crippen molar-refractivity contribution in [3.63, 3.8) is 0 Å². The zero-order chi connectivity index (χ0) is 14.5. The Morgan fingerprint density at radius 2 is 1.75 bits per heavy atom. The van der Waals surface area contributed by atoms with Crippen LogP contribution in [0.1, 0.15) is 15.9 Å². The number of amides is 1. The topological polar surface area (TPSA) is 61.7 Å². The molecule has 1 amide bonds. The fourth-order valence-corrected chi connectivity index (χ4v) is 2.07. The molecular formula is C14H10Br2N2O2. The highest BCUT2D eigenvalue weighted by atomic mass is 79.9. The first-order chi connectivity index (χ1) is 9.56. The van der Waals surface area contributed by atoms with Crippen molar-refractivity contribution in [3.8, 4) is 5.75 Å². The number of halogens is 2. The zero-order valence-electron chi connectivity index (χ0n) is 10.2. The highest BCUT2D eigenvalue weighted by Gasteiger charge is 2.03. The summed E-state index contributed by atoms with van der Waals surface area (Å²) < 4.78 is 1.67. The van der Waals surface area contributed by atoms with E-state index in [1.807, 2.05) is 0 Å². The maximum absolute atomic E-state index is 11.8. The summed E-state index contributed by atoms with van der Waals surface area (Å²) in [7, 11) is 0. The van der Waals surface area contributed by atoms with Crippen LogP contribution in [0.25, 0.3) is 0 Å². The van der Waals surface area contributed by atoms with Crippen molar-refractivity contribution in [1.29, 1.82) is 0 Å². The Morgan fingerprint density at radius 3 is 2.40 bits per heavy atom. The molecule has 2 N–H and O–H groups in total. The fraction of sp³-hybridized carbons (Fsp3) is 0. The first kappa shape index (κ1) is 14.7. The number of hydrogen-bond donors (Lipinski definition) is 2. The van der Waals surface area contributed by atoms with Crippen LogP contribution in [0.2, 0.25) is 0 Å². The summed E-state index contributed by atoms with van der Waals surface area (Å²) in [6, 6.07) is 11.9. The molecule has 0 heterocycles. The third-order valence-electron chi connectivity index (χ3n) is 2.47. The lowest BCUT2D eigenvalue weighted by Gasteiger charge is -2.01. The number of phenols is 1. The summed E-state index contributed by atoms with van der Waals surface area (Å²) in [5.74, 6) is -0.230. The van der Waals surface area contributed by atoms with Gasteiger partial charge in [0.25, 0.3) is 5.91 Å². The standard InChI is InChI=1S/C14H10Br2N2O2/c15-11-4-1-9(2-5-11)14(20)18-17-8-10-3-6-12(16)7-13(10)19/h1-8,19H,(H,18,20)/b17-8+. The van der Waals surface area contributed by atoms with E-state index in [0.29, 0.717) is 11.1 Å². The van der Waals surface area contributed by atoms with Crippen LogP contribution in [0, 0.1) is 0 Å². The van der Waals surface area contributed by atoms with Crippen LogP contribution in [0.3, 0.4) is 0 Å². The maximum Gasteiger partial charge on any atom is 0.271 e. The van der Waals surface area contributed by atoms with E-state index < -0.39 is 0 Å². The van der Waals surface area contributed by atoms with Gasteiger partial charge < -0.3 is 5.11 Å². The number of hydrogen-bond acceptors (Lipinski definition) is 3. The minimum absolute atomic E-state index is 0.0843. The van der Waals surface area contributed by atoms with Crippen LogP contribution in [0.4, 0.5) is 0 Å². The summed E-state index contributed by atoms with van der Waals surface area (Å²) in [5.41, 5.74) is 3.42. The molecule has 0 aromatic heterocycles. The van der Waals surface area contributed by atoms with Gasteiger partial charge in [0, 0.05) is 20.1 Å². The summed E-state index contributed by atoms with van der Waals surface area (Å²) in [5, 5.41) is 13.5. The van der Waals surface area contributed by atoms with Gasteiger partial charge in [-0.3, -0.25) is 4.79 Å². The first-order valence-corrected chi connectivity index (χ1v) is 7.22. The summed E-state index contributed by atoms with van der Waals surface area (Å²) >= 11 is 6.54. The minimum Gasteiger partial charge on any atom is -0.507 e. The quantitative estimate of drug-likeness (QED) is 0.612. The molecule has 0 saturated carbocycles. The highest BCUT2D eigenvalue weighted by Crippen LogP contribution is 2.20. The summed E-state index contributed by atoms with van der Waals surface area (Å²) in [4.78, 5) is 11.8. The number of benzene rings is 2. The Balaban J connectivity index is 2.02. The molecule has 0 aliphatic heterocycles. The molecule has 0 aliphatic carbocycles. The predicted octanol–water partition coefficient (Wildman–Crippen LogP) is 3.68. The molecule has 2 rings (SSSR count). The van der Waals surface area contributed by atoms with E-state index in [1.54, 1.807) is 42.5 Å². The molecule has 0 atom stereocenters. The highest BCUT2D eigenvalue weighted by molar-refractivity contribution is 9.10. The van der Waals surface area contributed by atoms with Crippen LogP contribution in [-0.2, 0) is 0 Å². The van der Waals surface area contributed by atoms with E-state index >= 15 is 0 Å². The van der Waals surface area contributed by atoms with Gasteiger partial charge in [-0.25, -0.2) is 5.43 Å². The molecule has 0 aliphatic rings. The normalized spacial score (nSPS) is 10.7. The molecule has 0 radical (unpaired) electrons. The number of aromatic hydroxyl groups is 1. The van der Waals surface area contributed by atoms with Crippen molar-refractivity contribution in [2.45, 2.75) is 0 Å². The molecular weight excluding hydrogens is 388 g/mol. The van der Waals surface area contributed by atoms with Crippen LogP contribution in [0.15, 0.2) is 56.5 Å². The number of rotatable bonds is 3. The number of carbonyl (C=O) groups is 1. The average Bonchev–Trinajstić information content (AvgIpc) is 2.42. The van der Waals surface area contributed by atoms with E-state index in [0.717, 1.165) is 8.95 Å². The van der Waals surface area contributed by atoms with Gasteiger partial charge in [0.15, 0.2) is 0 Å². The summed E-state index contributed by atoms with van der Waals surface area (Å²) in [6.45, 7) is 0. The largest absolute Gasteiger partial charge is 0.507 e. The number of carbonyl (C=O) groups excluding carboxylic acids is 1. The molecule has 2 aromatic carbocycles. The Labute approximate surface area is 132 Å². The third-order valence-corrected chi connectivity index (χ3v) is 3.49. The SMILES string of the molecule is O=C(N/N=C/c1ccc(Br)cc1O)c1ccc(Br)cc1. The molecule has 20 heavy (non-hydrogen) atoms. The Bertz CT molecular complexity index is 655. The van der Waals surface area contributed by atoms with Crippen LogP contribution in [0.5, 0.6) is 5.75 Å². The van der Waals surface area contributed by atoms with Crippen molar-refractivity contribution in [2.75, 3.05) is 0 Å². The Kier molecular flexibility index (Phi) is 4.92. The zero-order valence-corrected chi connectivity index (χ0v) is 13.3. The van der Waals surface area contributed by atoms with Crippen LogP contribution >= 0.6 is 31.9 Å². The molecule has 0 fully saturated rings. The van der Waals surface area contributed by atoms with E-state index in [2.05, 4.69) is 42.4 Å². The molecule has 2 aromatic rings. The lowest BCUT2D eigenvalue weighted by atomic mass is 10.2. The lowest BCUT2D eigenvalue weighted by molar-refractivity contribution is 0.0955. The minimum atomic E-state index is -0.314. The fourth-order valence-electron chi connectivity index (χ4n) is 1.45. The van der Waals surface area contributed by atoms with Gasteiger partial charge in [-0.2, -0.15) is 5.10 Å². The van der Waals surface area contributed by atoms with Gasteiger partial charge >= 0.3 is 0 Å². The van der Waals surface area contributed by atoms with Gasteiger partial charge in [0.1, 0.15) is 5.75 Å². The van der Waals surface area contributed by atoms with Gasteiger partial charge in [0.2, 0.25) is 0 Å². The van der Waals surface area contributed by atoms with Gasteiger partial charge in [-0.05, 0) is 42.5 Å². The van der Waals surface area contributed by atoms with Crippen molar-refractivity contribution < 1.29 is 9.90 Å². The number of phenolic OH excluding ortho intramolecular Hbond substituents is 1. The van der Waals surface area contributed by atoms with Crippen molar-refractivity contribution >= 4 is 44.0 Å². The van der Waals surface area contributed by atoms with E-state index in [9.17, 15) is 9.90 Å². The number of hydrazone groups is 1. The van der Waals surface area contributed by atoms with E-state index in [4.69, 9.17) is 0 Å². The molecule has 102 valence electrons. The lowest BCUT2D eigenvalue weighted by Crippen LogP contribution is -2.17. The predicted molar refractivity (Wildman–Crippen MR) is 85.0 cm³/mol. The van der Waals surface area contributed by atoms with Crippen LogP contribution in [-0.4, -0.2) is 17.2 Å². The molecule has 4 nitrogen and oxygen atoms in total. The third kappa shape index (κ3) is 3.91. The molecule has 0 bridgehead atoms. The smallest absolute Gasteiger partial charge is 0.271 e. The summed E-state index contributed by atoms with van der Waals surface area (Å²) in [6.07, 6.45) is 1.39. The first-order valence-electron chi connectivity index (χ1n) is 5.64. The molecule has 6 heteroatoms. The number of nitrogens with one attached hydrogen (secondary N) is 1. The molecule has 0 saturated heterocycles. The van der Waals surface area contributed by atoms with Gasteiger partial charge in [-0.1, -0.05) is 31.9 Å². The maximum atomic E-state index is 11.8. The van der Waals surface area contributed by atoms with Crippen molar-refractivity contribution in [3.05, 3.63) is 62.5 Å². The van der Waals surface area contributed by atoms with Crippen LogP contribution < -0.4 is 5.43 Å². The Hall–Kier alpha value is -1.66. The van der Waals surface area contributed by atoms with Crippen molar-refractivity contribution in [1.82, 2.24) is 5.43 Å². The van der Waals surface area contributed by atoms with E-state index in [1.165, 1.54) is 6.21 Å². The molecule has 0 spiro atoms. The average molecular weight is 398 g/mol. The van der Waals surface area contributed by atoms with Crippen molar-refractivity contribution in [2.24, 2.45) is 5.10 Å².